The Hall–Kier alpha value is -1.85. The van der Waals surface area contributed by atoms with E-state index in [2.05, 4.69) is 24.1 Å². The molecule has 0 aliphatic carbocycles. The molecule has 2 bridgehead atoms. The number of ether oxygens (including phenoxy) is 1. The lowest BCUT2D eigenvalue weighted by Gasteiger charge is -2.29. The Balaban J connectivity index is 1.71. The number of hydrogen-bond donors (Lipinski definition) is 0. The number of fused-ring (bicyclic) bond motifs is 4. The molecule has 0 saturated carbocycles. The second-order valence-electron chi connectivity index (χ2n) is 6.88. The molecule has 2 atom stereocenters. The minimum absolute atomic E-state index is 0.125. The Morgan fingerprint density at radius 3 is 2.78 bits per heavy atom. The zero-order valence-electron chi connectivity index (χ0n) is 13.7. The van der Waals surface area contributed by atoms with E-state index in [1.165, 1.54) is 0 Å². The van der Waals surface area contributed by atoms with Crippen LogP contribution in [0.1, 0.15) is 10.5 Å². The lowest BCUT2D eigenvalue weighted by molar-refractivity contribution is 0.0478. The number of carbonyl (C=O) groups is 1. The van der Waals surface area contributed by atoms with Gasteiger partial charge in [-0.05, 0) is 19.2 Å². The van der Waals surface area contributed by atoms with Crippen molar-refractivity contribution >= 4 is 16.8 Å². The van der Waals surface area contributed by atoms with Crippen LogP contribution in [-0.4, -0.2) is 66.2 Å². The third-order valence-electron chi connectivity index (χ3n) is 5.08. The molecule has 23 heavy (non-hydrogen) atoms. The van der Waals surface area contributed by atoms with Gasteiger partial charge < -0.3 is 19.1 Å². The first kappa shape index (κ1) is 14.7. The molecule has 0 spiro atoms. The van der Waals surface area contributed by atoms with Gasteiger partial charge in [0.15, 0.2) is 0 Å². The Morgan fingerprint density at radius 2 is 1.96 bits per heavy atom. The summed E-state index contributed by atoms with van der Waals surface area (Å²) in [5, 5.41) is 1.12. The highest BCUT2D eigenvalue weighted by molar-refractivity contribution is 5.99. The van der Waals surface area contributed by atoms with E-state index in [4.69, 9.17) is 4.74 Å². The number of likely N-dealkylation sites (N-methyl/N-ethyl adjacent to an activating group) is 1. The fraction of sp³-hybridized carbons (Fsp3) is 0.500. The van der Waals surface area contributed by atoms with E-state index in [1.807, 2.05) is 34.7 Å². The highest BCUT2D eigenvalue weighted by Gasteiger charge is 2.35. The average molecular weight is 313 g/mol. The molecule has 2 aromatic rings. The van der Waals surface area contributed by atoms with Gasteiger partial charge in [-0.2, -0.15) is 0 Å². The second-order valence-corrected chi connectivity index (χ2v) is 6.88. The number of rotatable bonds is 1. The monoisotopic (exact) mass is 313 g/mol. The number of hydrogen-bond acceptors (Lipinski definition) is 3. The molecule has 0 unspecified atom stereocenters. The third kappa shape index (κ3) is 2.54. The summed E-state index contributed by atoms with van der Waals surface area (Å²) in [5.74, 6) is 0.519. The maximum absolute atomic E-state index is 13.2. The van der Waals surface area contributed by atoms with E-state index in [9.17, 15) is 4.79 Å². The van der Waals surface area contributed by atoms with Crippen LogP contribution in [0, 0.1) is 5.92 Å². The van der Waals surface area contributed by atoms with Crippen molar-refractivity contribution in [2.45, 2.75) is 6.04 Å². The Kier molecular flexibility index (Phi) is 3.62. The van der Waals surface area contributed by atoms with E-state index in [1.54, 1.807) is 0 Å². The minimum atomic E-state index is 0.125. The van der Waals surface area contributed by atoms with Crippen molar-refractivity contribution in [3.63, 3.8) is 0 Å². The molecule has 2 aliphatic heterocycles. The van der Waals surface area contributed by atoms with E-state index >= 15 is 0 Å². The Morgan fingerprint density at radius 1 is 1.13 bits per heavy atom. The van der Waals surface area contributed by atoms with Crippen LogP contribution < -0.4 is 0 Å². The van der Waals surface area contributed by atoms with Gasteiger partial charge in [0.1, 0.15) is 5.69 Å². The van der Waals surface area contributed by atoms with Gasteiger partial charge in [0, 0.05) is 43.5 Å². The molecule has 4 rings (SSSR count). The van der Waals surface area contributed by atoms with Crippen molar-refractivity contribution in [1.82, 2.24) is 14.4 Å². The second kappa shape index (κ2) is 5.65. The Bertz CT molecular complexity index is 739. The first-order chi connectivity index (χ1) is 11.1. The molecular formula is C18H23N3O2. The summed E-state index contributed by atoms with van der Waals surface area (Å²) in [6.45, 7) is 4.05. The fourth-order valence-electron chi connectivity index (χ4n) is 3.97. The molecule has 3 heterocycles. The maximum Gasteiger partial charge on any atom is 0.270 e. The quantitative estimate of drug-likeness (QED) is 0.802. The molecule has 2 aliphatic rings. The molecule has 2 fully saturated rings. The molecule has 0 radical (unpaired) electrons. The number of aromatic nitrogens is 1. The highest BCUT2D eigenvalue weighted by Crippen LogP contribution is 2.24. The topological polar surface area (TPSA) is 37.7 Å². The van der Waals surface area contributed by atoms with Gasteiger partial charge in [0.2, 0.25) is 0 Å². The number of carbonyl (C=O) groups excluding carboxylic acids is 1. The SMILES string of the molecule is CN1C[C@@H]2COC[C@H](C1)N(C(=O)c1cc3ccccc3n1C)C2. The lowest BCUT2D eigenvalue weighted by atomic mass is 10.1. The first-order valence-corrected chi connectivity index (χ1v) is 8.25. The lowest BCUT2D eigenvalue weighted by Crippen LogP contribution is -2.46. The van der Waals surface area contributed by atoms with Crippen LogP contribution in [0.2, 0.25) is 0 Å². The summed E-state index contributed by atoms with van der Waals surface area (Å²) in [4.78, 5) is 17.6. The van der Waals surface area contributed by atoms with Crippen LogP contribution in [0.4, 0.5) is 0 Å². The Labute approximate surface area is 136 Å². The highest BCUT2D eigenvalue weighted by atomic mass is 16.5. The standard InChI is InChI=1S/C18H23N3O2/c1-19-8-13-9-21(15(10-19)12-23-11-13)18(22)17-7-14-5-3-4-6-16(14)20(17)2/h3-7,13,15H,8-12H2,1-2H3/t13-,15-/m0/s1. The van der Waals surface area contributed by atoms with Crippen molar-refractivity contribution in [1.29, 1.82) is 0 Å². The molecule has 122 valence electrons. The molecule has 1 aromatic carbocycles. The molecule has 2 saturated heterocycles. The van der Waals surface area contributed by atoms with E-state index in [-0.39, 0.29) is 11.9 Å². The summed E-state index contributed by atoms with van der Waals surface area (Å²) in [7, 11) is 4.11. The van der Waals surface area contributed by atoms with Crippen LogP contribution in [0.5, 0.6) is 0 Å². The first-order valence-electron chi connectivity index (χ1n) is 8.25. The van der Waals surface area contributed by atoms with Crippen LogP contribution >= 0.6 is 0 Å². The minimum Gasteiger partial charge on any atom is -0.379 e. The number of amides is 1. The predicted molar refractivity (Wildman–Crippen MR) is 89.5 cm³/mol. The zero-order valence-corrected chi connectivity index (χ0v) is 13.7. The summed E-state index contributed by atoms with van der Waals surface area (Å²) < 4.78 is 7.80. The van der Waals surface area contributed by atoms with E-state index in [0.29, 0.717) is 12.5 Å². The van der Waals surface area contributed by atoms with Crippen molar-refractivity contribution in [2.24, 2.45) is 13.0 Å². The van der Waals surface area contributed by atoms with Crippen molar-refractivity contribution < 1.29 is 9.53 Å². The smallest absolute Gasteiger partial charge is 0.270 e. The van der Waals surface area contributed by atoms with Crippen LogP contribution in [0.3, 0.4) is 0 Å². The van der Waals surface area contributed by atoms with Crippen molar-refractivity contribution in [3.05, 3.63) is 36.0 Å². The number of para-hydroxylation sites is 1. The van der Waals surface area contributed by atoms with Gasteiger partial charge in [-0.25, -0.2) is 0 Å². The maximum atomic E-state index is 13.2. The van der Waals surface area contributed by atoms with Crippen LogP contribution in [-0.2, 0) is 11.8 Å². The van der Waals surface area contributed by atoms with Crippen molar-refractivity contribution in [2.75, 3.05) is 39.9 Å². The number of benzene rings is 1. The summed E-state index contributed by atoms with van der Waals surface area (Å²) in [5.41, 5.74) is 1.86. The van der Waals surface area contributed by atoms with Gasteiger partial charge in [0.05, 0.1) is 19.3 Å². The van der Waals surface area contributed by atoms with E-state index < -0.39 is 0 Å². The molecule has 0 N–H and O–H groups in total. The molecule has 1 amide bonds. The van der Waals surface area contributed by atoms with Gasteiger partial charge in [0.25, 0.3) is 5.91 Å². The molecular weight excluding hydrogens is 290 g/mol. The normalized spacial score (nSPS) is 25.6. The largest absolute Gasteiger partial charge is 0.379 e. The van der Waals surface area contributed by atoms with Gasteiger partial charge >= 0.3 is 0 Å². The van der Waals surface area contributed by atoms with E-state index in [0.717, 1.165) is 42.8 Å². The van der Waals surface area contributed by atoms with Crippen LogP contribution in [0.25, 0.3) is 10.9 Å². The van der Waals surface area contributed by atoms with Crippen molar-refractivity contribution in [3.8, 4) is 0 Å². The number of aryl methyl sites for hydroxylation is 1. The summed E-state index contributed by atoms with van der Waals surface area (Å²) in [6.07, 6.45) is 0. The summed E-state index contributed by atoms with van der Waals surface area (Å²) >= 11 is 0. The average Bonchev–Trinajstić information content (AvgIpc) is 2.66. The van der Waals surface area contributed by atoms with Gasteiger partial charge in [-0.1, -0.05) is 18.2 Å². The predicted octanol–water partition coefficient (Wildman–Crippen LogP) is 1.58. The summed E-state index contributed by atoms with van der Waals surface area (Å²) in [6, 6.07) is 10.3. The molecule has 5 heteroatoms. The van der Waals surface area contributed by atoms with Gasteiger partial charge in [-0.3, -0.25) is 4.79 Å². The fourth-order valence-corrected chi connectivity index (χ4v) is 3.97. The zero-order chi connectivity index (χ0) is 16.0. The van der Waals surface area contributed by atoms with Crippen LogP contribution in [0.15, 0.2) is 30.3 Å². The number of nitrogens with zero attached hydrogens (tertiary/aromatic N) is 3. The molecule has 1 aromatic heterocycles. The van der Waals surface area contributed by atoms with Gasteiger partial charge in [-0.15, -0.1) is 0 Å². The molecule has 5 nitrogen and oxygen atoms in total. The third-order valence-corrected chi connectivity index (χ3v) is 5.08.